The Morgan fingerprint density at radius 2 is 1.90 bits per heavy atom. The van der Waals surface area contributed by atoms with Gasteiger partial charge >= 0.3 is 0 Å². The molecule has 2 aromatic rings. The number of rotatable bonds is 11. The van der Waals surface area contributed by atoms with Gasteiger partial charge in [0.15, 0.2) is 5.03 Å². The summed E-state index contributed by atoms with van der Waals surface area (Å²) in [7, 11) is -4.00. The Hall–Kier alpha value is -2.54. The van der Waals surface area contributed by atoms with Gasteiger partial charge < -0.3 is 15.2 Å². The van der Waals surface area contributed by atoms with E-state index in [0.717, 1.165) is 37.7 Å². The minimum Gasteiger partial charge on any atom is -0.508 e. The molecule has 6 nitrogen and oxygen atoms in total. The van der Waals surface area contributed by atoms with Crippen molar-refractivity contribution in [1.29, 1.82) is 0 Å². The summed E-state index contributed by atoms with van der Waals surface area (Å²) in [6.07, 6.45) is 11.8. The second-order valence-electron chi connectivity index (χ2n) is 8.16. The number of allylic oxidation sites excluding steroid dienone is 4. The van der Waals surface area contributed by atoms with E-state index in [0.29, 0.717) is 12.0 Å². The van der Waals surface area contributed by atoms with Crippen molar-refractivity contribution in [2.24, 2.45) is 0 Å². The zero-order valence-corrected chi connectivity index (χ0v) is 19.7. The molecule has 0 saturated heterocycles. The normalized spacial score (nSPS) is 12.2. The van der Waals surface area contributed by atoms with Crippen LogP contribution < -0.4 is 0 Å². The molecule has 1 aromatic heterocycles. The highest BCUT2D eigenvalue weighted by Gasteiger charge is 2.29. The van der Waals surface area contributed by atoms with Crippen LogP contribution in [-0.2, 0) is 22.7 Å². The van der Waals surface area contributed by atoms with Gasteiger partial charge in [-0.05, 0) is 64.5 Å². The van der Waals surface area contributed by atoms with Gasteiger partial charge in [-0.15, -0.1) is 0 Å². The molecule has 31 heavy (non-hydrogen) atoms. The van der Waals surface area contributed by atoms with E-state index >= 15 is 0 Å². The maximum atomic E-state index is 13.2. The van der Waals surface area contributed by atoms with Crippen molar-refractivity contribution in [3.05, 3.63) is 53.0 Å². The van der Waals surface area contributed by atoms with Crippen LogP contribution >= 0.6 is 0 Å². The van der Waals surface area contributed by atoms with E-state index in [1.54, 1.807) is 0 Å². The molecule has 1 aromatic carbocycles. The molecule has 0 atom stereocenters. The van der Waals surface area contributed by atoms with E-state index in [2.05, 4.69) is 36.8 Å². The van der Waals surface area contributed by atoms with E-state index in [-0.39, 0.29) is 33.4 Å². The van der Waals surface area contributed by atoms with Gasteiger partial charge in [0, 0.05) is 5.56 Å². The summed E-state index contributed by atoms with van der Waals surface area (Å²) in [6.45, 7) is 8.17. The highest BCUT2D eigenvalue weighted by atomic mass is 32.2. The third-order valence-electron chi connectivity index (χ3n) is 5.24. The maximum absolute atomic E-state index is 13.2. The van der Waals surface area contributed by atoms with Crippen LogP contribution in [0, 0.1) is 0 Å². The number of hydrogen-bond donors (Lipinski definition) is 3. The average Bonchev–Trinajstić information content (AvgIpc) is 3.23. The van der Waals surface area contributed by atoms with Crippen LogP contribution in [0.3, 0.4) is 0 Å². The summed E-state index contributed by atoms with van der Waals surface area (Å²) in [5.74, 6) is -0.463. The zero-order valence-electron chi connectivity index (χ0n) is 18.9. The van der Waals surface area contributed by atoms with Crippen LogP contribution in [0.1, 0.15) is 70.9 Å². The van der Waals surface area contributed by atoms with E-state index in [1.807, 2.05) is 13.0 Å². The number of aromatic nitrogens is 2. The molecule has 0 aliphatic rings. The van der Waals surface area contributed by atoms with E-state index < -0.39 is 9.84 Å². The van der Waals surface area contributed by atoms with Crippen molar-refractivity contribution in [1.82, 2.24) is 9.97 Å². The lowest BCUT2D eigenvalue weighted by molar-refractivity contribution is 0.427. The van der Waals surface area contributed by atoms with Gasteiger partial charge in [-0.3, -0.25) is 0 Å². The lowest BCUT2D eigenvalue weighted by Gasteiger charge is -2.16. The van der Waals surface area contributed by atoms with Crippen LogP contribution in [0.25, 0.3) is 0 Å². The highest BCUT2D eigenvalue weighted by Crippen LogP contribution is 2.40. The Kier molecular flexibility index (Phi) is 8.92. The predicted molar refractivity (Wildman–Crippen MR) is 123 cm³/mol. The van der Waals surface area contributed by atoms with Crippen LogP contribution in [-0.4, -0.2) is 28.6 Å². The second kappa shape index (κ2) is 11.2. The molecule has 7 heteroatoms. The van der Waals surface area contributed by atoms with Crippen LogP contribution in [0.2, 0.25) is 0 Å². The summed E-state index contributed by atoms with van der Waals surface area (Å²) in [5.41, 5.74) is 3.02. The lowest BCUT2D eigenvalue weighted by Crippen LogP contribution is -2.08. The van der Waals surface area contributed by atoms with Gasteiger partial charge in [0.1, 0.15) is 16.4 Å². The van der Waals surface area contributed by atoms with Crippen molar-refractivity contribution < 1.29 is 18.6 Å². The molecule has 1 heterocycles. The van der Waals surface area contributed by atoms with E-state index in [1.165, 1.54) is 24.2 Å². The first-order valence-electron chi connectivity index (χ1n) is 10.8. The fourth-order valence-corrected chi connectivity index (χ4v) is 4.96. The molecule has 0 spiro atoms. The van der Waals surface area contributed by atoms with Crippen LogP contribution in [0.4, 0.5) is 0 Å². The number of phenolic OH excluding ortho intramolecular Hbond substituents is 2. The number of sulfone groups is 1. The Morgan fingerprint density at radius 3 is 2.52 bits per heavy atom. The van der Waals surface area contributed by atoms with Gasteiger partial charge in [0.2, 0.25) is 9.84 Å². The zero-order chi connectivity index (χ0) is 23.0. The largest absolute Gasteiger partial charge is 0.508 e. The number of aromatic hydroxyl groups is 2. The number of unbranched alkanes of at least 4 members (excludes halogenated alkanes) is 2. The number of H-pyrrole nitrogens is 1. The molecule has 0 radical (unpaired) electrons. The number of phenols is 2. The predicted octanol–water partition coefficient (Wildman–Crippen LogP) is 5.62. The van der Waals surface area contributed by atoms with Gasteiger partial charge in [-0.25, -0.2) is 13.4 Å². The smallest absolute Gasteiger partial charge is 0.227 e. The summed E-state index contributed by atoms with van der Waals surface area (Å²) in [5, 5.41) is 21.5. The molecule has 170 valence electrons. The lowest BCUT2D eigenvalue weighted by atomic mass is 10.00. The van der Waals surface area contributed by atoms with E-state index in [4.69, 9.17) is 0 Å². The van der Waals surface area contributed by atoms with Crippen LogP contribution in [0.15, 0.2) is 51.8 Å². The molecular weight excluding hydrogens is 412 g/mol. The number of nitrogens with zero attached hydrogens (tertiary/aromatic N) is 1. The molecule has 0 unspecified atom stereocenters. The van der Waals surface area contributed by atoms with Crippen molar-refractivity contribution in [3.63, 3.8) is 0 Å². The monoisotopic (exact) mass is 446 g/mol. The van der Waals surface area contributed by atoms with Crippen molar-refractivity contribution >= 4 is 9.84 Å². The molecule has 0 bridgehead atoms. The SMILES string of the molecule is CCCCCc1cc(O)c(C/C=C(\C)CCC=C(C)C)c(O)c1S(=O)(=O)c1cnc[nH]1. The third-order valence-corrected chi connectivity index (χ3v) is 7.03. The van der Waals surface area contributed by atoms with Gasteiger partial charge in [0.25, 0.3) is 0 Å². The Morgan fingerprint density at radius 1 is 1.16 bits per heavy atom. The number of nitrogens with one attached hydrogen (secondary N) is 1. The molecule has 0 aliphatic heterocycles. The van der Waals surface area contributed by atoms with Crippen LogP contribution in [0.5, 0.6) is 11.5 Å². The first-order chi connectivity index (χ1) is 14.7. The minimum atomic E-state index is -4.00. The first kappa shape index (κ1) is 24.7. The second-order valence-corrected chi connectivity index (χ2v) is 10.0. The minimum absolute atomic E-state index is 0.0790. The third kappa shape index (κ3) is 6.47. The quantitative estimate of drug-likeness (QED) is 0.307. The van der Waals surface area contributed by atoms with Crippen molar-refractivity contribution in [2.75, 3.05) is 0 Å². The standard InChI is InChI=1S/C24H34N2O4S/c1-5-6-7-11-19-14-21(27)20(13-12-18(4)10-8-9-17(2)3)23(28)24(19)31(29,30)22-15-25-16-26-22/h9,12,14-16,27-28H,5-8,10-11,13H2,1-4H3,(H,25,26)/b18-12+. The first-order valence-corrected chi connectivity index (χ1v) is 12.3. The molecule has 2 rings (SSSR count). The summed E-state index contributed by atoms with van der Waals surface area (Å²) >= 11 is 0. The molecule has 0 saturated carbocycles. The summed E-state index contributed by atoms with van der Waals surface area (Å²) in [6, 6.07) is 1.49. The Balaban J connectivity index is 2.46. The maximum Gasteiger partial charge on any atom is 0.227 e. The molecule has 0 amide bonds. The number of aromatic amines is 1. The Bertz CT molecular complexity index is 1030. The average molecular weight is 447 g/mol. The Labute approximate surface area is 185 Å². The summed E-state index contributed by atoms with van der Waals surface area (Å²) < 4.78 is 26.5. The molecule has 0 aliphatic carbocycles. The summed E-state index contributed by atoms with van der Waals surface area (Å²) in [4.78, 5) is 6.29. The highest BCUT2D eigenvalue weighted by molar-refractivity contribution is 7.91. The number of hydrogen-bond acceptors (Lipinski definition) is 5. The molecular formula is C24H34N2O4S. The molecule has 0 fully saturated rings. The number of imidazole rings is 1. The van der Waals surface area contributed by atoms with Gasteiger partial charge in [-0.1, -0.05) is 43.1 Å². The topological polar surface area (TPSA) is 103 Å². The van der Waals surface area contributed by atoms with Crippen molar-refractivity contribution in [3.8, 4) is 11.5 Å². The van der Waals surface area contributed by atoms with Gasteiger partial charge in [-0.2, -0.15) is 0 Å². The van der Waals surface area contributed by atoms with E-state index in [9.17, 15) is 18.6 Å². The number of benzene rings is 1. The molecule has 3 N–H and O–H groups in total. The van der Waals surface area contributed by atoms with Gasteiger partial charge in [0.05, 0.1) is 12.5 Å². The number of aryl methyl sites for hydroxylation is 1. The fraction of sp³-hybridized carbons (Fsp3) is 0.458. The fourth-order valence-electron chi connectivity index (χ4n) is 3.45. The van der Waals surface area contributed by atoms with Crippen molar-refractivity contribution in [2.45, 2.75) is 82.6 Å².